The van der Waals surface area contributed by atoms with Crippen LogP contribution in [0.2, 0.25) is 0 Å². The van der Waals surface area contributed by atoms with Crippen molar-refractivity contribution in [3.05, 3.63) is 53.1 Å². The normalized spacial score (nSPS) is 11.5. The zero-order valence-corrected chi connectivity index (χ0v) is 14.6. The van der Waals surface area contributed by atoms with Gasteiger partial charge >= 0.3 is 5.97 Å². The summed E-state index contributed by atoms with van der Waals surface area (Å²) >= 11 is 0. The predicted octanol–water partition coefficient (Wildman–Crippen LogP) is 3.45. The molecule has 0 saturated heterocycles. The number of hydrogen-bond donors (Lipinski definition) is 2. The number of anilines is 1. The van der Waals surface area contributed by atoms with E-state index in [1.165, 1.54) is 14.2 Å². The molecule has 6 nitrogen and oxygen atoms in total. The molecule has 0 fully saturated rings. The van der Waals surface area contributed by atoms with Crippen LogP contribution in [-0.4, -0.2) is 31.2 Å². The van der Waals surface area contributed by atoms with Crippen molar-refractivity contribution in [1.29, 1.82) is 0 Å². The molecular formula is C19H21NO5. The van der Waals surface area contributed by atoms with Gasteiger partial charge in [0.25, 0.3) is 5.91 Å². The number of aryl methyl sites for hydroxylation is 1. The van der Waals surface area contributed by atoms with E-state index in [4.69, 9.17) is 14.6 Å². The van der Waals surface area contributed by atoms with Gasteiger partial charge in [0.15, 0.2) is 11.5 Å². The minimum absolute atomic E-state index is 0.280. The Morgan fingerprint density at radius 2 is 1.60 bits per heavy atom. The largest absolute Gasteiger partial charge is 0.493 e. The lowest BCUT2D eigenvalue weighted by Gasteiger charge is -2.13. The van der Waals surface area contributed by atoms with Gasteiger partial charge in [-0.2, -0.15) is 0 Å². The Hall–Kier alpha value is -3.02. The van der Waals surface area contributed by atoms with E-state index in [1.807, 2.05) is 6.92 Å². The molecule has 1 unspecified atom stereocenters. The lowest BCUT2D eigenvalue weighted by Crippen LogP contribution is -2.14. The second-order valence-corrected chi connectivity index (χ2v) is 5.66. The van der Waals surface area contributed by atoms with E-state index in [0.29, 0.717) is 28.3 Å². The summed E-state index contributed by atoms with van der Waals surface area (Å²) in [5.41, 5.74) is 2.49. The summed E-state index contributed by atoms with van der Waals surface area (Å²) in [4.78, 5) is 23.5. The molecule has 2 aromatic carbocycles. The molecule has 0 saturated carbocycles. The van der Waals surface area contributed by atoms with Crippen LogP contribution in [0.25, 0.3) is 0 Å². The zero-order chi connectivity index (χ0) is 18.6. The molecule has 0 spiro atoms. The van der Waals surface area contributed by atoms with Gasteiger partial charge in [0.1, 0.15) is 0 Å². The summed E-state index contributed by atoms with van der Waals surface area (Å²) in [6.07, 6.45) is 0. The average Bonchev–Trinajstić information content (AvgIpc) is 2.61. The molecule has 0 aromatic heterocycles. The van der Waals surface area contributed by atoms with Crippen LogP contribution in [0.15, 0.2) is 36.4 Å². The van der Waals surface area contributed by atoms with Gasteiger partial charge in [-0.1, -0.05) is 12.1 Å². The van der Waals surface area contributed by atoms with Gasteiger partial charge in [-0.3, -0.25) is 9.59 Å². The average molecular weight is 343 g/mol. The summed E-state index contributed by atoms with van der Waals surface area (Å²) in [5.74, 6) is -0.736. The molecule has 6 heteroatoms. The van der Waals surface area contributed by atoms with Crippen LogP contribution in [0.5, 0.6) is 11.5 Å². The van der Waals surface area contributed by atoms with Gasteiger partial charge < -0.3 is 19.9 Å². The minimum Gasteiger partial charge on any atom is -0.493 e. The molecule has 0 aliphatic carbocycles. The highest BCUT2D eigenvalue weighted by atomic mass is 16.5. The Balaban J connectivity index is 2.21. The third kappa shape index (κ3) is 4.09. The smallest absolute Gasteiger partial charge is 0.310 e. The number of carbonyl (C=O) groups excluding carboxylic acids is 1. The van der Waals surface area contributed by atoms with E-state index >= 15 is 0 Å². The predicted molar refractivity (Wildman–Crippen MR) is 94.7 cm³/mol. The van der Waals surface area contributed by atoms with Crippen molar-refractivity contribution >= 4 is 17.6 Å². The first-order valence-electron chi connectivity index (χ1n) is 7.74. The van der Waals surface area contributed by atoms with Gasteiger partial charge in [0.05, 0.1) is 20.1 Å². The SMILES string of the molecule is COc1cc(C)c(C(=O)Nc2ccc(C(C)C(=O)O)cc2)cc1OC. The Bertz CT molecular complexity index is 783. The number of nitrogens with one attached hydrogen (secondary N) is 1. The maximum atomic E-state index is 12.5. The number of carboxylic acids is 1. The number of aliphatic carboxylic acids is 1. The van der Waals surface area contributed by atoms with Crippen LogP contribution in [0, 0.1) is 6.92 Å². The molecule has 0 aliphatic heterocycles. The first-order chi connectivity index (χ1) is 11.9. The van der Waals surface area contributed by atoms with Gasteiger partial charge in [-0.15, -0.1) is 0 Å². The fourth-order valence-electron chi connectivity index (χ4n) is 2.42. The molecule has 2 aromatic rings. The Kier molecular flexibility index (Phi) is 5.64. The van der Waals surface area contributed by atoms with Gasteiger partial charge in [0.2, 0.25) is 0 Å². The molecule has 1 atom stereocenters. The summed E-state index contributed by atoms with van der Waals surface area (Å²) in [7, 11) is 3.05. The standard InChI is InChI=1S/C19H21NO5/c1-11-9-16(24-3)17(25-4)10-15(11)18(21)20-14-7-5-13(6-8-14)12(2)19(22)23/h5-10,12H,1-4H3,(H,20,21)(H,22,23). The molecule has 0 heterocycles. The van der Waals surface area contributed by atoms with Crippen molar-refractivity contribution < 1.29 is 24.2 Å². The van der Waals surface area contributed by atoms with Crippen molar-refractivity contribution in [1.82, 2.24) is 0 Å². The third-order valence-electron chi connectivity index (χ3n) is 4.01. The number of benzene rings is 2. The van der Waals surface area contributed by atoms with Crippen molar-refractivity contribution in [3.63, 3.8) is 0 Å². The van der Waals surface area contributed by atoms with Crippen LogP contribution >= 0.6 is 0 Å². The highest BCUT2D eigenvalue weighted by molar-refractivity contribution is 6.05. The van der Waals surface area contributed by atoms with E-state index in [0.717, 1.165) is 5.56 Å². The molecule has 0 radical (unpaired) electrons. The first-order valence-corrected chi connectivity index (χ1v) is 7.74. The lowest BCUT2D eigenvalue weighted by atomic mass is 10.0. The van der Waals surface area contributed by atoms with Crippen molar-refractivity contribution in [2.45, 2.75) is 19.8 Å². The molecule has 2 N–H and O–H groups in total. The fraction of sp³-hybridized carbons (Fsp3) is 0.263. The quantitative estimate of drug-likeness (QED) is 0.839. The van der Waals surface area contributed by atoms with Crippen molar-refractivity contribution in [3.8, 4) is 11.5 Å². The maximum absolute atomic E-state index is 12.5. The number of carbonyl (C=O) groups is 2. The second kappa shape index (κ2) is 7.70. The van der Waals surface area contributed by atoms with Gasteiger partial charge in [-0.25, -0.2) is 0 Å². The topological polar surface area (TPSA) is 84.9 Å². The van der Waals surface area contributed by atoms with E-state index in [2.05, 4.69) is 5.32 Å². The Morgan fingerprint density at radius 3 is 2.12 bits per heavy atom. The number of hydrogen-bond acceptors (Lipinski definition) is 4. The Labute approximate surface area is 146 Å². The second-order valence-electron chi connectivity index (χ2n) is 5.66. The number of carboxylic acid groups (broad SMARTS) is 1. The van der Waals surface area contributed by atoms with Crippen LogP contribution in [0.1, 0.15) is 34.3 Å². The molecule has 0 aliphatic rings. The molecule has 1 amide bonds. The first kappa shape index (κ1) is 18.3. The number of ether oxygens (including phenoxy) is 2. The number of amides is 1. The molecular weight excluding hydrogens is 322 g/mol. The third-order valence-corrected chi connectivity index (χ3v) is 4.01. The van der Waals surface area contributed by atoms with Crippen LogP contribution in [0.3, 0.4) is 0 Å². The van der Waals surface area contributed by atoms with Crippen LogP contribution in [0.4, 0.5) is 5.69 Å². The van der Waals surface area contributed by atoms with E-state index in [9.17, 15) is 9.59 Å². The Morgan fingerprint density at radius 1 is 1.04 bits per heavy atom. The molecule has 2 rings (SSSR count). The summed E-state index contributed by atoms with van der Waals surface area (Å²) < 4.78 is 10.5. The van der Waals surface area contributed by atoms with Crippen LogP contribution in [-0.2, 0) is 4.79 Å². The maximum Gasteiger partial charge on any atom is 0.310 e. The summed E-state index contributed by atoms with van der Waals surface area (Å²) in [5, 5.41) is 11.8. The number of rotatable bonds is 6. The summed E-state index contributed by atoms with van der Waals surface area (Å²) in [6, 6.07) is 10.1. The van der Waals surface area contributed by atoms with E-state index < -0.39 is 11.9 Å². The highest BCUT2D eigenvalue weighted by Crippen LogP contribution is 2.30. The lowest BCUT2D eigenvalue weighted by molar-refractivity contribution is -0.138. The van der Waals surface area contributed by atoms with E-state index in [1.54, 1.807) is 43.3 Å². The van der Waals surface area contributed by atoms with Crippen molar-refractivity contribution in [2.75, 3.05) is 19.5 Å². The van der Waals surface area contributed by atoms with Gasteiger partial charge in [-0.05, 0) is 49.2 Å². The highest BCUT2D eigenvalue weighted by Gasteiger charge is 2.16. The van der Waals surface area contributed by atoms with Gasteiger partial charge in [0, 0.05) is 11.3 Å². The fourth-order valence-corrected chi connectivity index (χ4v) is 2.42. The van der Waals surface area contributed by atoms with Crippen LogP contribution < -0.4 is 14.8 Å². The molecule has 132 valence electrons. The molecule has 25 heavy (non-hydrogen) atoms. The number of methoxy groups -OCH3 is 2. The molecule has 0 bridgehead atoms. The van der Waals surface area contributed by atoms with Crippen molar-refractivity contribution in [2.24, 2.45) is 0 Å². The monoisotopic (exact) mass is 343 g/mol. The minimum atomic E-state index is -0.891. The summed E-state index contributed by atoms with van der Waals surface area (Å²) in [6.45, 7) is 3.43. The van der Waals surface area contributed by atoms with E-state index in [-0.39, 0.29) is 5.91 Å². The zero-order valence-electron chi connectivity index (χ0n) is 14.6.